The molecule has 1 saturated heterocycles. The lowest BCUT2D eigenvalue weighted by molar-refractivity contribution is 0.0940. The Bertz CT molecular complexity index is 668. The van der Waals surface area contributed by atoms with Crippen molar-refractivity contribution in [3.05, 3.63) is 60.2 Å². The first-order valence-corrected chi connectivity index (χ1v) is 6.23. The molecular formula is C17H12O3. The van der Waals surface area contributed by atoms with E-state index in [0.717, 1.165) is 16.7 Å². The maximum atomic E-state index is 11.1. The lowest BCUT2D eigenvalue weighted by atomic mass is 9.93. The second-order valence-corrected chi connectivity index (χ2v) is 4.56. The summed E-state index contributed by atoms with van der Waals surface area (Å²) in [6.07, 6.45) is 4.78. The first kappa shape index (κ1) is 12.3. The molecule has 1 aliphatic heterocycles. The van der Waals surface area contributed by atoms with E-state index in [1.807, 2.05) is 54.6 Å². The van der Waals surface area contributed by atoms with E-state index in [9.17, 15) is 4.79 Å². The molecule has 3 rings (SSSR count). The summed E-state index contributed by atoms with van der Waals surface area (Å²) in [6.45, 7) is 0.0486. The SMILES string of the molecule is C#CC1(c2ccc(-c3ccccc3)cc2)COC(=O)O1. The number of carbonyl (C=O) groups is 1. The van der Waals surface area contributed by atoms with Gasteiger partial charge >= 0.3 is 6.16 Å². The van der Waals surface area contributed by atoms with Crippen LogP contribution in [0.4, 0.5) is 4.79 Å². The van der Waals surface area contributed by atoms with Crippen molar-refractivity contribution < 1.29 is 14.3 Å². The minimum atomic E-state index is -1.10. The average Bonchev–Trinajstić information content (AvgIpc) is 2.91. The first-order chi connectivity index (χ1) is 9.73. The Morgan fingerprint density at radius 3 is 2.20 bits per heavy atom. The van der Waals surface area contributed by atoms with Crippen LogP contribution < -0.4 is 0 Å². The Balaban J connectivity index is 1.94. The van der Waals surface area contributed by atoms with E-state index in [2.05, 4.69) is 5.92 Å². The van der Waals surface area contributed by atoms with Crippen LogP contribution in [0.1, 0.15) is 5.56 Å². The van der Waals surface area contributed by atoms with Crippen molar-refractivity contribution in [3.63, 3.8) is 0 Å². The summed E-state index contributed by atoms with van der Waals surface area (Å²) in [5, 5.41) is 0. The summed E-state index contributed by atoms with van der Waals surface area (Å²) >= 11 is 0. The Morgan fingerprint density at radius 2 is 1.65 bits per heavy atom. The smallest absolute Gasteiger partial charge is 0.428 e. The van der Waals surface area contributed by atoms with Gasteiger partial charge in [0.15, 0.2) is 6.61 Å². The standard InChI is InChI=1S/C17H12O3/c1-2-17(12-19-16(18)20-17)15-10-8-14(9-11-15)13-6-4-3-5-7-13/h1,3-11H,12H2. The fourth-order valence-electron chi connectivity index (χ4n) is 2.22. The Hall–Kier alpha value is -2.73. The molecule has 1 aliphatic rings. The zero-order valence-electron chi connectivity index (χ0n) is 10.7. The first-order valence-electron chi connectivity index (χ1n) is 6.23. The number of rotatable bonds is 2. The summed E-state index contributed by atoms with van der Waals surface area (Å²) in [6, 6.07) is 17.6. The number of carbonyl (C=O) groups excluding carboxylic acids is 1. The minimum absolute atomic E-state index is 0.0486. The third-order valence-electron chi connectivity index (χ3n) is 3.34. The molecule has 1 atom stereocenters. The molecule has 0 amide bonds. The average molecular weight is 264 g/mol. The number of hydrogen-bond acceptors (Lipinski definition) is 3. The third kappa shape index (κ3) is 2.02. The lowest BCUT2D eigenvalue weighted by Crippen LogP contribution is -2.26. The van der Waals surface area contributed by atoms with Gasteiger partial charge in [-0.25, -0.2) is 4.79 Å². The molecule has 0 N–H and O–H groups in total. The van der Waals surface area contributed by atoms with Gasteiger partial charge in [0, 0.05) is 5.56 Å². The van der Waals surface area contributed by atoms with Crippen molar-refractivity contribution in [3.8, 4) is 23.5 Å². The number of cyclic esters (lactones) is 2. The number of ether oxygens (including phenoxy) is 2. The van der Waals surface area contributed by atoms with Gasteiger partial charge in [0.05, 0.1) is 0 Å². The fraction of sp³-hybridized carbons (Fsp3) is 0.118. The van der Waals surface area contributed by atoms with E-state index in [4.69, 9.17) is 15.9 Å². The van der Waals surface area contributed by atoms with Gasteiger partial charge < -0.3 is 9.47 Å². The molecule has 0 aliphatic carbocycles. The second kappa shape index (κ2) is 4.75. The predicted octanol–water partition coefficient (Wildman–Crippen LogP) is 3.35. The van der Waals surface area contributed by atoms with Gasteiger partial charge in [0.25, 0.3) is 0 Å². The molecule has 20 heavy (non-hydrogen) atoms. The third-order valence-corrected chi connectivity index (χ3v) is 3.34. The van der Waals surface area contributed by atoms with E-state index in [0.29, 0.717) is 0 Å². The molecule has 2 aromatic carbocycles. The number of terminal acetylenes is 1. The zero-order chi connectivity index (χ0) is 14.0. The molecule has 0 spiro atoms. The fourth-order valence-corrected chi connectivity index (χ4v) is 2.22. The van der Waals surface area contributed by atoms with Crippen LogP contribution in [-0.2, 0) is 15.1 Å². The van der Waals surface area contributed by atoms with Crippen molar-refractivity contribution in [2.45, 2.75) is 5.60 Å². The summed E-state index contributed by atoms with van der Waals surface area (Å²) in [5.41, 5.74) is 1.83. The van der Waals surface area contributed by atoms with Crippen molar-refractivity contribution in [2.24, 2.45) is 0 Å². The van der Waals surface area contributed by atoms with Crippen LogP contribution in [0.3, 0.4) is 0 Å². The molecule has 0 saturated carbocycles. The van der Waals surface area contributed by atoms with Crippen LogP contribution in [0.25, 0.3) is 11.1 Å². The maximum absolute atomic E-state index is 11.1. The largest absolute Gasteiger partial charge is 0.510 e. The molecule has 1 unspecified atom stereocenters. The highest BCUT2D eigenvalue weighted by Crippen LogP contribution is 2.32. The highest BCUT2D eigenvalue weighted by molar-refractivity contribution is 5.66. The van der Waals surface area contributed by atoms with E-state index in [-0.39, 0.29) is 6.61 Å². The van der Waals surface area contributed by atoms with Crippen molar-refractivity contribution in [1.29, 1.82) is 0 Å². The molecule has 98 valence electrons. The summed E-state index contributed by atoms with van der Waals surface area (Å²) in [7, 11) is 0. The molecule has 0 bridgehead atoms. The Morgan fingerprint density at radius 1 is 1.00 bits per heavy atom. The van der Waals surface area contributed by atoms with E-state index in [1.54, 1.807) is 0 Å². The molecule has 3 heteroatoms. The molecule has 1 heterocycles. The van der Waals surface area contributed by atoms with Gasteiger partial charge in [0.1, 0.15) is 0 Å². The summed E-state index contributed by atoms with van der Waals surface area (Å²) in [5.74, 6) is 2.52. The Kier molecular flexibility index (Phi) is 2.92. The highest BCUT2D eigenvalue weighted by Gasteiger charge is 2.42. The van der Waals surface area contributed by atoms with Crippen molar-refractivity contribution in [1.82, 2.24) is 0 Å². The topological polar surface area (TPSA) is 35.5 Å². The van der Waals surface area contributed by atoms with Crippen LogP contribution in [0.2, 0.25) is 0 Å². The van der Waals surface area contributed by atoms with Crippen LogP contribution in [0, 0.1) is 12.3 Å². The lowest BCUT2D eigenvalue weighted by Gasteiger charge is -2.19. The highest BCUT2D eigenvalue weighted by atomic mass is 16.8. The number of hydrogen-bond donors (Lipinski definition) is 0. The van der Waals surface area contributed by atoms with Gasteiger partial charge in [-0.05, 0) is 11.1 Å². The van der Waals surface area contributed by atoms with Crippen LogP contribution in [0.5, 0.6) is 0 Å². The zero-order valence-corrected chi connectivity index (χ0v) is 10.7. The molecule has 3 nitrogen and oxygen atoms in total. The minimum Gasteiger partial charge on any atom is -0.428 e. The molecule has 1 fully saturated rings. The van der Waals surface area contributed by atoms with Crippen LogP contribution in [-0.4, -0.2) is 12.8 Å². The molecule has 2 aromatic rings. The molecular weight excluding hydrogens is 252 g/mol. The van der Waals surface area contributed by atoms with Crippen molar-refractivity contribution in [2.75, 3.05) is 6.61 Å². The maximum Gasteiger partial charge on any atom is 0.510 e. The van der Waals surface area contributed by atoms with Gasteiger partial charge in [-0.15, -0.1) is 6.42 Å². The normalized spacial score (nSPS) is 20.9. The molecule has 0 aromatic heterocycles. The summed E-state index contributed by atoms with van der Waals surface area (Å²) < 4.78 is 9.96. The van der Waals surface area contributed by atoms with Gasteiger partial charge in [0.2, 0.25) is 5.60 Å². The van der Waals surface area contributed by atoms with E-state index < -0.39 is 11.8 Å². The molecule has 0 radical (unpaired) electrons. The van der Waals surface area contributed by atoms with Gasteiger partial charge in [-0.3, -0.25) is 0 Å². The number of benzene rings is 2. The van der Waals surface area contributed by atoms with Gasteiger partial charge in [-0.2, -0.15) is 0 Å². The van der Waals surface area contributed by atoms with Crippen LogP contribution >= 0.6 is 0 Å². The van der Waals surface area contributed by atoms with Crippen molar-refractivity contribution >= 4 is 6.16 Å². The van der Waals surface area contributed by atoms with Crippen LogP contribution in [0.15, 0.2) is 54.6 Å². The van der Waals surface area contributed by atoms with E-state index in [1.165, 1.54) is 0 Å². The Labute approximate surface area is 117 Å². The monoisotopic (exact) mass is 264 g/mol. The van der Waals surface area contributed by atoms with Gasteiger partial charge in [-0.1, -0.05) is 60.5 Å². The quantitative estimate of drug-likeness (QED) is 0.616. The van der Waals surface area contributed by atoms with E-state index >= 15 is 0 Å². The second-order valence-electron chi connectivity index (χ2n) is 4.56. The summed E-state index contributed by atoms with van der Waals surface area (Å²) in [4.78, 5) is 11.1. The predicted molar refractivity (Wildman–Crippen MR) is 74.8 cm³/mol.